The molecule has 1 aromatic heterocycles. The van der Waals surface area contributed by atoms with Gasteiger partial charge in [-0.3, -0.25) is 9.58 Å². The van der Waals surface area contributed by atoms with Crippen LogP contribution in [0.15, 0.2) is 0 Å². The standard InChI is InChI=1S/C18H34N4O/c1-14(2)13-21-8-6-5-7-17(21)11-19-12-18-15(3)20-22(9-10-23)16(18)4/h14,17,19,23H,5-13H2,1-4H3. The van der Waals surface area contributed by atoms with Crippen LogP contribution >= 0.6 is 0 Å². The first-order valence-electron chi connectivity index (χ1n) is 9.11. The van der Waals surface area contributed by atoms with Crippen molar-refractivity contribution < 1.29 is 5.11 Å². The molecule has 132 valence electrons. The summed E-state index contributed by atoms with van der Waals surface area (Å²) in [6.45, 7) is 13.9. The molecule has 5 nitrogen and oxygen atoms in total. The summed E-state index contributed by atoms with van der Waals surface area (Å²) in [5, 5.41) is 17.3. The van der Waals surface area contributed by atoms with Gasteiger partial charge in [-0.1, -0.05) is 20.3 Å². The van der Waals surface area contributed by atoms with Crippen molar-refractivity contribution in [2.24, 2.45) is 5.92 Å². The van der Waals surface area contributed by atoms with Gasteiger partial charge in [0.15, 0.2) is 0 Å². The Hall–Kier alpha value is -0.910. The molecular formula is C18H34N4O. The Morgan fingerprint density at radius 3 is 2.78 bits per heavy atom. The molecule has 1 saturated heterocycles. The summed E-state index contributed by atoms with van der Waals surface area (Å²) in [6, 6.07) is 0.666. The van der Waals surface area contributed by atoms with Crippen LogP contribution in [0, 0.1) is 19.8 Å². The fourth-order valence-corrected chi connectivity index (χ4v) is 3.67. The number of piperidine rings is 1. The lowest BCUT2D eigenvalue weighted by molar-refractivity contribution is 0.129. The molecular weight excluding hydrogens is 288 g/mol. The molecule has 0 saturated carbocycles. The van der Waals surface area contributed by atoms with E-state index >= 15 is 0 Å². The Balaban J connectivity index is 1.88. The number of nitrogens with zero attached hydrogens (tertiary/aromatic N) is 3. The van der Waals surface area contributed by atoms with E-state index in [9.17, 15) is 0 Å². The summed E-state index contributed by atoms with van der Waals surface area (Å²) >= 11 is 0. The molecule has 0 bridgehead atoms. The van der Waals surface area contributed by atoms with Gasteiger partial charge in [0.1, 0.15) is 0 Å². The second-order valence-corrected chi connectivity index (χ2v) is 7.27. The van der Waals surface area contributed by atoms with Crippen molar-refractivity contribution in [3.8, 4) is 0 Å². The molecule has 2 rings (SSSR count). The molecule has 0 amide bonds. The molecule has 23 heavy (non-hydrogen) atoms. The SMILES string of the molecule is Cc1nn(CCO)c(C)c1CNCC1CCCCN1CC(C)C. The van der Waals surface area contributed by atoms with Gasteiger partial charge in [-0.25, -0.2) is 0 Å². The zero-order valence-electron chi connectivity index (χ0n) is 15.3. The lowest BCUT2D eigenvalue weighted by Gasteiger charge is -2.37. The molecule has 1 aromatic rings. The van der Waals surface area contributed by atoms with Crippen LogP contribution in [0.3, 0.4) is 0 Å². The normalized spacial score (nSPS) is 19.7. The second-order valence-electron chi connectivity index (χ2n) is 7.27. The molecule has 0 aliphatic carbocycles. The fourth-order valence-electron chi connectivity index (χ4n) is 3.67. The van der Waals surface area contributed by atoms with Crippen molar-refractivity contribution in [2.75, 3.05) is 26.2 Å². The van der Waals surface area contributed by atoms with Crippen molar-refractivity contribution in [3.05, 3.63) is 17.0 Å². The Morgan fingerprint density at radius 1 is 1.30 bits per heavy atom. The minimum atomic E-state index is 0.140. The van der Waals surface area contributed by atoms with Gasteiger partial charge < -0.3 is 10.4 Å². The lowest BCUT2D eigenvalue weighted by Crippen LogP contribution is -2.46. The van der Waals surface area contributed by atoms with Crippen molar-refractivity contribution in [3.63, 3.8) is 0 Å². The van der Waals surface area contributed by atoms with E-state index in [0.29, 0.717) is 12.6 Å². The number of hydrogen-bond donors (Lipinski definition) is 2. The van der Waals surface area contributed by atoms with E-state index in [0.717, 1.165) is 24.7 Å². The zero-order valence-corrected chi connectivity index (χ0v) is 15.3. The number of aliphatic hydroxyl groups is 1. The Bertz CT molecular complexity index is 484. The Labute approximate surface area is 141 Å². The Morgan fingerprint density at radius 2 is 2.09 bits per heavy atom. The van der Waals surface area contributed by atoms with Gasteiger partial charge >= 0.3 is 0 Å². The third kappa shape index (κ3) is 5.03. The van der Waals surface area contributed by atoms with Gasteiger partial charge in [0.25, 0.3) is 0 Å². The number of hydrogen-bond acceptors (Lipinski definition) is 4. The summed E-state index contributed by atoms with van der Waals surface area (Å²) in [5.41, 5.74) is 3.53. The van der Waals surface area contributed by atoms with Gasteiger partial charge in [-0.2, -0.15) is 5.10 Å². The highest BCUT2D eigenvalue weighted by molar-refractivity contribution is 5.24. The maximum absolute atomic E-state index is 9.11. The quantitative estimate of drug-likeness (QED) is 0.769. The van der Waals surface area contributed by atoms with Gasteiger partial charge in [0.05, 0.1) is 18.8 Å². The average molecular weight is 322 g/mol. The van der Waals surface area contributed by atoms with E-state index in [2.05, 4.69) is 43.0 Å². The first kappa shape index (κ1) is 18.4. The van der Waals surface area contributed by atoms with Crippen molar-refractivity contribution in [1.82, 2.24) is 20.0 Å². The second kappa shape index (κ2) is 8.81. The first-order chi connectivity index (χ1) is 11.0. The van der Waals surface area contributed by atoms with E-state index < -0.39 is 0 Å². The summed E-state index contributed by atoms with van der Waals surface area (Å²) in [5.74, 6) is 0.733. The lowest BCUT2D eigenvalue weighted by atomic mass is 10.0. The number of likely N-dealkylation sites (tertiary alicyclic amines) is 1. The van der Waals surface area contributed by atoms with E-state index in [1.165, 1.54) is 43.6 Å². The van der Waals surface area contributed by atoms with Crippen molar-refractivity contribution in [2.45, 2.75) is 66.1 Å². The number of aliphatic hydroxyl groups excluding tert-OH is 1. The monoisotopic (exact) mass is 322 g/mol. The van der Waals surface area contributed by atoms with E-state index in [4.69, 9.17) is 5.11 Å². The summed E-state index contributed by atoms with van der Waals surface area (Å²) < 4.78 is 1.91. The van der Waals surface area contributed by atoms with Gasteiger partial charge in [0, 0.05) is 36.9 Å². The maximum atomic E-state index is 9.11. The summed E-state index contributed by atoms with van der Waals surface area (Å²) in [4.78, 5) is 2.66. The van der Waals surface area contributed by atoms with E-state index in [-0.39, 0.29) is 6.61 Å². The predicted octanol–water partition coefficient (Wildman–Crippen LogP) is 2.09. The van der Waals surface area contributed by atoms with Gasteiger partial charge in [0.2, 0.25) is 0 Å². The number of rotatable bonds is 8. The van der Waals surface area contributed by atoms with Gasteiger partial charge in [-0.05, 0) is 39.2 Å². The number of aromatic nitrogens is 2. The van der Waals surface area contributed by atoms with Gasteiger partial charge in [-0.15, -0.1) is 0 Å². The number of aryl methyl sites for hydroxylation is 1. The molecule has 2 N–H and O–H groups in total. The van der Waals surface area contributed by atoms with Crippen LogP contribution in [0.4, 0.5) is 0 Å². The van der Waals surface area contributed by atoms with Crippen LogP contribution in [-0.4, -0.2) is 52.1 Å². The summed E-state index contributed by atoms with van der Waals surface area (Å²) in [6.07, 6.45) is 4.00. The minimum absolute atomic E-state index is 0.140. The van der Waals surface area contributed by atoms with Crippen LogP contribution in [0.5, 0.6) is 0 Å². The van der Waals surface area contributed by atoms with Crippen LogP contribution in [0.25, 0.3) is 0 Å². The molecule has 5 heteroatoms. The molecule has 1 atom stereocenters. The third-order valence-corrected chi connectivity index (χ3v) is 4.87. The van der Waals surface area contributed by atoms with Crippen LogP contribution in [-0.2, 0) is 13.1 Å². The molecule has 1 unspecified atom stereocenters. The highest BCUT2D eigenvalue weighted by atomic mass is 16.3. The van der Waals surface area contributed by atoms with Crippen molar-refractivity contribution in [1.29, 1.82) is 0 Å². The summed E-state index contributed by atoms with van der Waals surface area (Å²) in [7, 11) is 0. The highest BCUT2D eigenvalue weighted by Gasteiger charge is 2.22. The minimum Gasteiger partial charge on any atom is -0.394 e. The maximum Gasteiger partial charge on any atom is 0.0644 e. The zero-order chi connectivity index (χ0) is 16.8. The molecule has 2 heterocycles. The molecule has 0 aromatic carbocycles. The average Bonchev–Trinajstić information content (AvgIpc) is 2.76. The van der Waals surface area contributed by atoms with Crippen molar-refractivity contribution >= 4 is 0 Å². The van der Waals surface area contributed by atoms with Crippen LogP contribution in [0.2, 0.25) is 0 Å². The molecule has 1 fully saturated rings. The number of nitrogens with one attached hydrogen (secondary N) is 1. The first-order valence-corrected chi connectivity index (χ1v) is 9.11. The molecule has 1 aliphatic rings. The molecule has 0 spiro atoms. The van der Waals surface area contributed by atoms with Crippen LogP contribution in [0.1, 0.15) is 50.1 Å². The largest absolute Gasteiger partial charge is 0.394 e. The van der Waals surface area contributed by atoms with E-state index in [1.807, 2.05) is 4.68 Å². The fraction of sp³-hybridized carbons (Fsp3) is 0.833. The Kier molecular flexibility index (Phi) is 7.06. The molecule has 1 aliphatic heterocycles. The molecule has 0 radical (unpaired) electrons. The van der Waals surface area contributed by atoms with E-state index in [1.54, 1.807) is 0 Å². The third-order valence-electron chi connectivity index (χ3n) is 4.87. The van der Waals surface area contributed by atoms with Crippen LogP contribution < -0.4 is 5.32 Å². The smallest absolute Gasteiger partial charge is 0.0644 e. The predicted molar refractivity (Wildman–Crippen MR) is 94.5 cm³/mol. The highest BCUT2D eigenvalue weighted by Crippen LogP contribution is 2.18. The topological polar surface area (TPSA) is 53.3 Å².